The number of hydrogen-bond acceptors (Lipinski definition) is 5. The van der Waals surface area contributed by atoms with Crippen LogP contribution in [0.25, 0.3) is 0 Å². The summed E-state index contributed by atoms with van der Waals surface area (Å²) in [6.07, 6.45) is 1.43. The second-order valence-corrected chi connectivity index (χ2v) is 9.28. The van der Waals surface area contributed by atoms with Crippen LogP contribution in [0.15, 0.2) is 19.2 Å². The van der Waals surface area contributed by atoms with E-state index in [9.17, 15) is 8.42 Å². The van der Waals surface area contributed by atoms with Gasteiger partial charge in [-0.3, -0.25) is 0 Å². The molecule has 9 heteroatoms. The summed E-state index contributed by atoms with van der Waals surface area (Å²) in [6.45, 7) is 2.58. The lowest BCUT2D eigenvalue weighted by molar-refractivity contribution is 0.287. The summed E-state index contributed by atoms with van der Waals surface area (Å²) in [5.74, 6) is -0.138. The molecule has 112 valence electrons. The third-order valence-corrected chi connectivity index (χ3v) is 7.80. The van der Waals surface area contributed by atoms with Crippen LogP contribution in [0.4, 0.5) is 0 Å². The van der Waals surface area contributed by atoms with Crippen LogP contribution < -0.4 is 5.73 Å². The van der Waals surface area contributed by atoms with E-state index in [0.717, 1.165) is 15.8 Å². The van der Waals surface area contributed by atoms with E-state index in [1.54, 1.807) is 6.07 Å². The number of sulfonamides is 1. The Morgan fingerprint density at radius 2 is 2.35 bits per heavy atom. The van der Waals surface area contributed by atoms with Gasteiger partial charge in [-0.1, -0.05) is 5.16 Å². The average molecular weight is 382 g/mol. The topological polar surface area (TPSA) is 96.0 Å². The van der Waals surface area contributed by atoms with E-state index >= 15 is 0 Å². The Morgan fingerprint density at radius 1 is 1.65 bits per heavy atom. The van der Waals surface area contributed by atoms with Gasteiger partial charge in [0.15, 0.2) is 0 Å². The number of aryl methyl sites for hydroxylation is 1. The molecular formula is C11H16BrN3O3S2. The first-order valence-corrected chi connectivity index (χ1v) is 9.14. The number of nitrogens with two attached hydrogens (primary N) is 1. The standard InChI is InChI=1S/C11H16BrN3O3S2/c1-7-5-9(19-10(7)12)20(17,18)15-4-2-3-8(6-15)11(13)14-16/h5,8,16H,2-4,6H2,1H3,(H2,13,14). The molecule has 1 aromatic rings. The van der Waals surface area contributed by atoms with Crippen LogP contribution in [-0.4, -0.2) is 36.9 Å². The van der Waals surface area contributed by atoms with Crippen molar-refractivity contribution in [1.29, 1.82) is 0 Å². The van der Waals surface area contributed by atoms with E-state index in [1.165, 1.54) is 15.6 Å². The van der Waals surface area contributed by atoms with Crippen molar-refractivity contribution in [3.8, 4) is 0 Å². The van der Waals surface area contributed by atoms with Crippen LogP contribution >= 0.6 is 27.3 Å². The highest BCUT2D eigenvalue weighted by molar-refractivity contribution is 9.11. The third-order valence-electron chi connectivity index (χ3n) is 3.35. The van der Waals surface area contributed by atoms with E-state index in [2.05, 4.69) is 21.1 Å². The van der Waals surface area contributed by atoms with Crippen molar-refractivity contribution in [3.05, 3.63) is 15.4 Å². The SMILES string of the molecule is Cc1cc(S(=O)(=O)N2CCCC(/C(N)=N/O)C2)sc1Br. The number of oxime groups is 1. The molecule has 1 aliphatic rings. The van der Waals surface area contributed by atoms with Crippen molar-refractivity contribution < 1.29 is 13.6 Å². The van der Waals surface area contributed by atoms with E-state index < -0.39 is 10.0 Å². The minimum Gasteiger partial charge on any atom is -0.409 e. The molecule has 0 radical (unpaired) electrons. The lowest BCUT2D eigenvalue weighted by Crippen LogP contribution is -2.43. The highest BCUT2D eigenvalue weighted by atomic mass is 79.9. The zero-order chi connectivity index (χ0) is 14.9. The van der Waals surface area contributed by atoms with Crippen LogP contribution in [0.1, 0.15) is 18.4 Å². The minimum absolute atomic E-state index is 0.0911. The Hall–Kier alpha value is -0.640. The molecule has 2 heterocycles. The van der Waals surface area contributed by atoms with Gasteiger partial charge < -0.3 is 10.9 Å². The molecule has 1 fully saturated rings. The maximum absolute atomic E-state index is 12.6. The normalized spacial score (nSPS) is 22.1. The molecule has 1 unspecified atom stereocenters. The van der Waals surface area contributed by atoms with Gasteiger partial charge in [-0.05, 0) is 47.3 Å². The van der Waals surface area contributed by atoms with Gasteiger partial charge in [0.05, 0.1) is 3.79 Å². The maximum Gasteiger partial charge on any atom is 0.252 e. The lowest BCUT2D eigenvalue weighted by Gasteiger charge is -2.30. The molecular weight excluding hydrogens is 366 g/mol. The number of thiophene rings is 1. The maximum atomic E-state index is 12.6. The van der Waals surface area contributed by atoms with Gasteiger partial charge >= 0.3 is 0 Å². The molecule has 1 aromatic heterocycles. The highest BCUT2D eigenvalue weighted by Gasteiger charge is 2.33. The van der Waals surface area contributed by atoms with E-state index in [4.69, 9.17) is 10.9 Å². The van der Waals surface area contributed by atoms with Crippen LogP contribution in [0.2, 0.25) is 0 Å². The van der Waals surface area contributed by atoms with Crippen molar-refractivity contribution >= 4 is 43.1 Å². The number of rotatable bonds is 3. The monoisotopic (exact) mass is 381 g/mol. The van der Waals surface area contributed by atoms with Gasteiger partial charge in [0.2, 0.25) is 0 Å². The summed E-state index contributed by atoms with van der Waals surface area (Å²) in [6, 6.07) is 1.66. The summed E-state index contributed by atoms with van der Waals surface area (Å²) in [5, 5.41) is 11.7. The summed E-state index contributed by atoms with van der Waals surface area (Å²) in [7, 11) is -3.51. The van der Waals surface area contributed by atoms with Gasteiger partial charge in [-0.15, -0.1) is 11.3 Å². The molecule has 0 aliphatic carbocycles. The molecule has 1 saturated heterocycles. The second-order valence-electron chi connectivity index (χ2n) is 4.75. The fourth-order valence-electron chi connectivity index (χ4n) is 2.17. The van der Waals surface area contributed by atoms with Crippen LogP contribution in [0.3, 0.4) is 0 Å². The van der Waals surface area contributed by atoms with Gasteiger partial charge in [-0.2, -0.15) is 4.31 Å². The smallest absolute Gasteiger partial charge is 0.252 e. The zero-order valence-electron chi connectivity index (χ0n) is 10.9. The van der Waals surface area contributed by atoms with Crippen molar-refractivity contribution in [2.75, 3.05) is 13.1 Å². The molecule has 2 rings (SSSR count). The fraction of sp³-hybridized carbons (Fsp3) is 0.545. The minimum atomic E-state index is -3.51. The Balaban J connectivity index is 2.25. The molecule has 0 amide bonds. The van der Waals surface area contributed by atoms with Crippen molar-refractivity contribution in [1.82, 2.24) is 4.31 Å². The first kappa shape index (κ1) is 15.7. The molecule has 3 N–H and O–H groups in total. The summed E-state index contributed by atoms with van der Waals surface area (Å²) < 4.78 is 27.7. The fourth-order valence-corrected chi connectivity index (χ4v) is 6.07. The Labute approximate surface area is 130 Å². The molecule has 6 nitrogen and oxygen atoms in total. The lowest BCUT2D eigenvalue weighted by atomic mass is 9.99. The molecule has 0 spiro atoms. The van der Waals surface area contributed by atoms with Gasteiger partial charge in [0, 0.05) is 19.0 Å². The second kappa shape index (κ2) is 6.00. The van der Waals surface area contributed by atoms with Crippen molar-refractivity contribution in [3.63, 3.8) is 0 Å². The number of halogens is 1. The van der Waals surface area contributed by atoms with E-state index in [-0.39, 0.29) is 18.3 Å². The van der Waals surface area contributed by atoms with Crippen LogP contribution in [0.5, 0.6) is 0 Å². The molecule has 1 atom stereocenters. The summed E-state index contributed by atoms with van der Waals surface area (Å²) in [5.41, 5.74) is 6.50. The Morgan fingerprint density at radius 3 is 2.90 bits per heavy atom. The molecule has 1 aliphatic heterocycles. The number of amidine groups is 1. The van der Waals surface area contributed by atoms with E-state index in [1.807, 2.05) is 6.92 Å². The largest absolute Gasteiger partial charge is 0.409 e. The molecule has 0 bridgehead atoms. The van der Waals surface area contributed by atoms with Crippen LogP contribution in [-0.2, 0) is 10.0 Å². The first-order chi connectivity index (χ1) is 9.36. The quantitative estimate of drug-likeness (QED) is 0.362. The number of piperidine rings is 1. The molecule has 0 saturated carbocycles. The first-order valence-electron chi connectivity index (χ1n) is 6.09. The Bertz CT molecular complexity index is 607. The van der Waals surface area contributed by atoms with Gasteiger partial charge in [0.25, 0.3) is 10.0 Å². The van der Waals surface area contributed by atoms with E-state index in [0.29, 0.717) is 17.2 Å². The highest BCUT2D eigenvalue weighted by Crippen LogP contribution is 2.33. The zero-order valence-corrected chi connectivity index (χ0v) is 14.1. The van der Waals surface area contributed by atoms with Gasteiger partial charge in [-0.25, -0.2) is 8.42 Å². The predicted molar refractivity (Wildman–Crippen MR) is 81.6 cm³/mol. The summed E-state index contributed by atoms with van der Waals surface area (Å²) >= 11 is 4.55. The molecule has 20 heavy (non-hydrogen) atoms. The third kappa shape index (κ3) is 3.00. The van der Waals surface area contributed by atoms with Gasteiger partial charge in [0.1, 0.15) is 10.0 Å². The number of nitrogens with zero attached hydrogens (tertiary/aromatic N) is 2. The van der Waals surface area contributed by atoms with Crippen molar-refractivity contribution in [2.24, 2.45) is 16.8 Å². The van der Waals surface area contributed by atoms with Crippen LogP contribution in [0, 0.1) is 12.8 Å². The molecule has 0 aromatic carbocycles. The number of hydrogen-bond donors (Lipinski definition) is 2. The Kier molecular flexibility index (Phi) is 4.73. The predicted octanol–water partition coefficient (Wildman–Crippen LogP) is 1.97. The summed E-state index contributed by atoms with van der Waals surface area (Å²) in [4.78, 5) is 0. The average Bonchev–Trinajstić information content (AvgIpc) is 2.78. The van der Waals surface area contributed by atoms with Crippen molar-refractivity contribution in [2.45, 2.75) is 24.0 Å².